The summed E-state index contributed by atoms with van der Waals surface area (Å²) >= 11 is 0. The van der Waals surface area contributed by atoms with E-state index in [0.29, 0.717) is 0 Å². The largest absolute Gasteiger partial charge is 0.475 e. The Balaban J connectivity index is 2.54. The highest BCUT2D eigenvalue weighted by Crippen LogP contribution is 2.23. The van der Waals surface area contributed by atoms with E-state index in [4.69, 9.17) is 4.74 Å². The zero-order valence-electron chi connectivity index (χ0n) is 17.6. The number of ether oxygens (including phenoxy) is 1. The first kappa shape index (κ1) is 23.9. The summed E-state index contributed by atoms with van der Waals surface area (Å²) in [7, 11) is 1.31. The van der Waals surface area contributed by atoms with E-state index >= 15 is 0 Å². The lowest BCUT2D eigenvalue weighted by Gasteiger charge is -2.26. The SMILES string of the molecule is CCCCCN(CCCCC)CC(C)NC(=O)Cn1cc([N+](=O)[O-])c(OC)n1. The van der Waals surface area contributed by atoms with Crippen LogP contribution >= 0.6 is 0 Å². The number of carbonyl (C=O) groups is 1. The molecule has 1 aromatic heterocycles. The van der Waals surface area contributed by atoms with Crippen LogP contribution in [0.5, 0.6) is 5.88 Å². The van der Waals surface area contributed by atoms with Crippen molar-refractivity contribution in [2.45, 2.75) is 71.9 Å². The Hall–Kier alpha value is -2.16. The molecule has 1 aromatic rings. The molecule has 0 aliphatic heterocycles. The van der Waals surface area contributed by atoms with Gasteiger partial charge in [0.15, 0.2) is 0 Å². The van der Waals surface area contributed by atoms with E-state index < -0.39 is 4.92 Å². The standard InChI is InChI=1S/C19H35N5O4/c1-5-7-9-11-22(12-10-8-6-2)13-16(3)20-18(25)15-23-14-17(24(26)27)19(21-23)28-4/h14,16H,5-13,15H2,1-4H3,(H,20,25). The number of nitrogens with one attached hydrogen (secondary N) is 1. The Bertz CT molecular complexity index is 595. The van der Waals surface area contributed by atoms with Gasteiger partial charge in [0.25, 0.3) is 0 Å². The van der Waals surface area contributed by atoms with Crippen LogP contribution < -0.4 is 10.1 Å². The lowest BCUT2D eigenvalue weighted by atomic mass is 10.2. The quantitative estimate of drug-likeness (QED) is 0.277. The van der Waals surface area contributed by atoms with Gasteiger partial charge in [-0.2, -0.15) is 0 Å². The summed E-state index contributed by atoms with van der Waals surface area (Å²) in [5.74, 6) is -0.321. The second kappa shape index (κ2) is 13.1. The number of nitro groups is 1. The fourth-order valence-corrected chi connectivity index (χ4v) is 3.11. The maximum atomic E-state index is 12.3. The molecule has 1 heterocycles. The van der Waals surface area contributed by atoms with Gasteiger partial charge in [-0.3, -0.25) is 19.6 Å². The molecule has 0 saturated heterocycles. The van der Waals surface area contributed by atoms with E-state index in [1.807, 2.05) is 6.92 Å². The Morgan fingerprint density at radius 3 is 2.36 bits per heavy atom. The van der Waals surface area contributed by atoms with Crippen molar-refractivity contribution in [2.75, 3.05) is 26.7 Å². The highest BCUT2D eigenvalue weighted by atomic mass is 16.6. The summed E-state index contributed by atoms with van der Waals surface area (Å²) in [4.78, 5) is 25.1. The lowest BCUT2D eigenvalue weighted by molar-refractivity contribution is -0.385. The van der Waals surface area contributed by atoms with Crippen LogP contribution in [0, 0.1) is 10.1 Å². The summed E-state index contributed by atoms with van der Waals surface area (Å²) in [5.41, 5.74) is -0.249. The van der Waals surface area contributed by atoms with E-state index in [-0.39, 0.29) is 30.1 Å². The van der Waals surface area contributed by atoms with Gasteiger partial charge in [0.05, 0.1) is 12.0 Å². The van der Waals surface area contributed by atoms with Crippen molar-refractivity contribution in [2.24, 2.45) is 0 Å². The fraction of sp³-hybridized carbons (Fsp3) is 0.789. The molecular weight excluding hydrogens is 362 g/mol. The van der Waals surface area contributed by atoms with Gasteiger partial charge in [0.2, 0.25) is 5.91 Å². The van der Waals surface area contributed by atoms with Crippen LogP contribution in [0.15, 0.2) is 6.20 Å². The number of amides is 1. The summed E-state index contributed by atoms with van der Waals surface area (Å²) in [5, 5.41) is 17.9. The van der Waals surface area contributed by atoms with Crippen LogP contribution in [0.25, 0.3) is 0 Å². The lowest BCUT2D eigenvalue weighted by Crippen LogP contribution is -2.43. The van der Waals surface area contributed by atoms with Crippen LogP contribution in [0.4, 0.5) is 5.69 Å². The molecule has 0 spiro atoms. The molecule has 1 rings (SSSR count). The van der Waals surface area contributed by atoms with Crippen molar-refractivity contribution in [3.8, 4) is 5.88 Å². The minimum atomic E-state index is -0.576. The highest BCUT2D eigenvalue weighted by Gasteiger charge is 2.21. The van der Waals surface area contributed by atoms with Gasteiger partial charge in [0.1, 0.15) is 12.7 Å². The molecule has 1 N–H and O–H groups in total. The zero-order valence-corrected chi connectivity index (χ0v) is 17.6. The topological polar surface area (TPSA) is 103 Å². The number of unbranched alkanes of at least 4 members (excludes halogenated alkanes) is 4. The number of rotatable bonds is 15. The molecule has 1 atom stereocenters. The maximum Gasteiger partial charge on any atom is 0.350 e. The molecule has 1 unspecified atom stereocenters. The first-order chi connectivity index (χ1) is 13.4. The van der Waals surface area contributed by atoms with E-state index in [0.717, 1.165) is 19.6 Å². The number of hydrogen-bond donors (Lipinski definition) is 1. The van der Waals surface area contributed by atoms with Crippen molar-refractivity contribution in [1.82, 2.24) is 20.0 Å². The average molecular weight is 398 g/mol. The summed E-state index contributed by atoms with van der Waals surface area (Å²) in [6, 6.07) is -0.0109. The molecular formula is C19H35N5O4. The fourth-order valence-electron chi connectivity index (χ4n) is 3.11. The molecule has 0 radical (unpaired) electrons. The number of hydrogen-bond acceptors (Lipinski definition) is 6. The van der Waals surface area contributed by atoms with Crippen LogP contribution in [0.2, 0.25) is 0 Å². The second-order valence-electron chi connectivity index (χ2n) is 7.16. The molecule has 9 heteroatoms. The smallest absolute Gasteiger partial charge is 0.350 e. The Morgan fingerprint density at radius 1 is 1.29 bits per heavy atom. The molecule has 9 nitrogen and oxygen atoms in total. The van der Waals surface area contributed by atoms with Gasteiger partial charge < -0.3 is 15.0 Å². The van der Waals surface area contributed by atoms with Crippen molar-refractivity contribution in [1.29, 1.82) is 0 Å². The highest BCUT2D eigenvalue weighted by molar-refractivity contribution is 5.76. The molecule has 0 saturated carbocycles. The third kappa shape index (κ3) is 8.69. The van der Waals surface area contributed by atoms with Gasteiger partial charge in [-0.15, -0.1) is 5.10 Å². The van der Waals surface area contributed by atoms with E-state index in [9.17, 15) is 14.9 Å². The molecule has 0 fully saturated rings. The minimum Gasteiger partial charge on any atom is -0.475 e. The molecule has 0 aromatic carbocycles. The molecule has 160 valence electrons. The minimum absolute atomic E-state index is 0.0109. The van der Waals surface area contributed by atoms with Crippen molar-refractivity contribution in [3.63, 3.8) is 0 Å². The van der Waals surface area contributed by atoms with Gasteiger partial charge in [-0.25, -0.2) is 0 Å². The summed E-state index contributed by atoms with van der Waals surface area (Å²) in [6.07, 6.45) is 8.35. The maximum absolute atomic E-state index is 12.3. The number of aromatic nitrogens is 2. The summed E-state index contributed by atoms with van der Waals surface area (Å²) in [6.45, 7) is 9.16. The Morgan fingerprint density at radius 2 is 1.89 bits per heavy atom. The second-order valence-corrected chi connectivity index (χ2v) is 7.16. The molecule has 28 heavy (non-hydrogen) atoms. The van der Waals surface area contributed by atoms with Gasteiger partial charge in [-0.05, 0) is 32.9 Å². The van der Waals surface area contributed by atoms with E-state index in [1.54, 1.807) is 0 Å². The predicted molar refractivity (Wildman–Crippen MR) is 109 cm³/mol. The van der Waals surface area contributed by atoms with Crippen LogP contribution in [0.1, 0.15) is 59.3 Å². The molecule has 0 aliphatic carbocycles. The predicted octanol–water partition coefficient (Wildman–Crippen LogP) is 2.99. The van der Waals surface area contributed by atoms with Crippen molar-refractivity contribution >= 4 is 11.6 Å². The molecule has 0 aliphatic rings. The van der Waals surface area contributed by atoms with E-state index in [1.165, 1.54) is 56.5 Å². The summed E-state index contributed by atoms with van der Waals surface area (Å²) < 4.78 is 6.12. The number of methoxy groups -OCH3 is 1. The normalized spacial score (nSPS) is 12.2. The monoisotopic (exact) mass is 397 g/mol. The first-order valence-electron chi connectivity index (χ1n) is 10.2. The zero-order chi connectivity index (χ0) is 20.9. The number of carbonyl (C=O) groups excluding carboxylic acids is 1. The Kier molecular flexibility index (Phi) is 11.2. The van der Waals surface area contributed by atoms with Crippen LogP contribution in [-0.2, 0) is 11.3 Å². The Labute approximate surface area is 167 Å². The van der Waals surface area contributed by atoms with Gasteiger partial charge in [-0.1, -0.05) is 39.5 Å². The van der Waals surface area contributed by atoms with E-state index in [2.05, 4.69) is 29.2 Å². The average Bonchev–Trinajstić information content (AvgIpc) is 3.04. The molecule has 1 amide bonds. The van der Waals surface area contributed by atoms with Gasteiger partial charge in [0, 0.05) is 12.6 Å². The van der Waals surface area contributed by atoms with Crippen molar-refractivity contribution < 1.29 is 14.5 Å². The van der Waals surface area contributed by atoms with Crippen LogP contribution in [0.3, 0.4) is 0 Å². The van der Waals surface area contributed by atoms with Gasteiger partial charge >= 0.3 is 11.6 Å². The third-order valence-corrected chi connectivity index (χ3v) is 4.50. The third-order valence-electron chi connectivity index (χ3n) is 4.50. The number of nitrogens with zero attached hydrogens (tertiary/aromatic N) is 4. The molecule has 0 bridgehead atoms. The van der Waals surface area contributed by atoms with Crippen LogP contribution in [-0.4, -0.2) is 58.3 Å². The first-order valence-corrected chi connectivity index (χ1v) is 10.2. The van der Waals surface area contributed by atoms with Crippen molar-refractivity contribution in [3.05, 3.63) is 16.3 Å².